The molecule has 0 aromatic heterocycles. The quantitative estimate of drug-likeness (QED) is 0.662. The minimum atomic E-state index is 0.214. The first kappa shape index (κ1) is 15.4. The molecule has 1 unspecified atom stereocenters. The van der Waals surface area contributed by atoms with Gasteiger partial charge in [-0.25, -0.2) is 0 Å². The third-order valence-corrected chi connectivity index (χ3v) is 4.07. The van der Waals surface area contributed by atoms with Crippen LogP contribution in [0.3, 0.4) is 0 Å². The Labute approximate surface area is 115 Å². The van der Waals surface area contributed by atoms with Crippen LogP contribution in [0.2, 0.25) is 0 Å². The highest BCUT2D eigenvalue weighted by molar-refractivity contribution is 6.34. The van der Waals surface area contributed by atoms with E-state index in [0.29, 0.717) is 11.2 Å². The zero-order valence-electron chi connectivity index (χ0n) is 13.7. The molecule has 0 fully saturated rings. The van der Waals surface area contributed by atoms with Crippen molar-refractivity contribution in [3.05, 3.63) is 28.8 Å². The van der Waals surface area contributed by atoms with Crippen LogP contribution in [0.25, 0.3) is 0 Å². The molecule has 0 N–H and O–H groups in total. The van der Waals surface area contributed by atoms with E-state index in [1.54, 1.807) is 5.56 Å². The lowest BCUT2D eigenvalue weighted by atomic mass is 9.59. The van der Waals surface area contributed by atoms with E-state index < -0.39 is 0 Å². The van der Waals surface area contributed by atoms with Crippen molar-refractivity contribution in [2.24, 2.45) is 5.41 Å². The summed E-state index contributed by atoms with van der Waals surface area (Å²) in [5.74, 6) is 0.576. The van der Waals surface area contributed by atoms with Crippen LogP contribution in [0.4, 0.5) is 0 Å². The summed E-state index contributed by atoms with van der Waals surface area (Å²) >= 11 is 0. The summed E-state index contributed by atoms with van der Waals surface area (Å²) in [6.07, 6.45) is 0. The summed E-state index contributed by atoms with van der Waals surface area (Å²) in [5.41, 5.74) is 6.42. The molecule has 1 rings (SSSR count). The van der Waals surface area contributed by atoms with Crippen LogP contribution in [-0.4, -0.2) is 15.7 Å². The van der Waals surface area contributed by atoms with Crippen molar-refractivity contribution < 1.29 is 0 Å². The topological polar surface area (TPSA) is 0 Å². The highest BCUT2D eigenvalue weighted by Crippen LogP contribution is 2.37. The van der Waals surface area contributed by atoms with Gasteiger partial charge in [0.15, 0.2) is 0 Å². The van der Waals surface area contributed by atoms with Crippen molar-refractivity contribution in [3.63, 3.8) is 0 Å². The van der Waals surface area contributed by atoms with Gasteiger partial charge in [0.1, 0.15) is 15.7 Å². The lowest BCUT2D eigenvalue weighted by Gasteiger charge is -2.35. The molecule has 0 heterocycles. The molecule has 2 heteroatoms. The maximum Gasteiger partial charge on any atom is 0.139 e. The Morgan fingerprint density at radius 3 is 1.89 bits per heavy atom. The predicted octanol–water partition coefficient (Wildman–Crippen LogP) is 2.27. The fourth-order valence-electron chi connectivity index (χ4n) is 2.61. The minimum absolute atomic E-state index is 0.214. The van der Waals surface area contributed by atoms with E-state index in [1.807, 2.05) is 0 Å². The average Bonchev–Trinajstić information content (AvgIpc) is 2.12. The van der Waals surface area contributed by atoms with Crippen LogP contribution in [0.5, 0.6) is 0 Å². The number of rotatable bonds is 1. The van der Waals surface area contributed by atoms with E-state index >= 15 is 0 Å². The van der Waals surface area contributed by atoms with E-state index in [9.17, 15) is 0 Å². The molecule has 18 heavy (non-hydrogen) atoms. The third-order valence-electron chi connectivity index (χ3n) is 4.07. The van der Waals surface area contributed by atoms with Crippen LogP contribution in [0.1, 0.15) is 64.1 Å². The highest BCUT2D eigenvalue weighted by atomic mass is 14.3. The highest BCUT2D eigenvalue weighted by Gasteiger charge is 2.28. The Kier molecular flexibility index (Phi) is 4.10. The van der Waals surface area contributed by atoms with Crippen LogP contribution >= 0.6 is 0 Å². The summed E-state index contributed by atoms with van der Waals surface area (Å²) < 4.78 is 0. The van der Waals surface area contributed by atoms with Gasteiger partial charge in [0.05, 0.1) is 0 Å². The van der Waals surface area contributed by atoms with Gasteiger partial charge in [-0.3, -0.25) is 0 Å². The first-order valence-electron chi connectivity index (χ1n) is 7.06. The molecule has 0 aliphatic carbocycles. The second-order valence-electron chi connectivity index (χ2n) is 7.88. The van der Waals surface area contributed by atoms with Crippen molar-refractivity contribution in [2.75, 3.05) is 0 Å². The second kappa shape index (κ2) is 4.79. The van der Waals surface area contributed by atoms with Crippen molar-refractivity contribution >= 4 is 21.2 Å². The summed E-state index contributed by atoms with van der Waals surface area (Å²) in [5, 5.41) is 0. The van der Waals surface area contributed by atoms with Gasteiger partial charge in [-0.1, -0.05) is 70.3 Å². The van der Waals surface area contributed by atoms with Crippen molar-refractivity contribution in [2.45, 2.75) is 59.7 Å². The molecule has 0 radical (unpaired) electrons. The molecular weight excluding hydrogens is 214 g/mol. The number of hydrogen-bond donors (Lipinski definition) is 0. The Morgan fingerprint density at radius 1 is 1.00 bits per heavy atom. The van der Waals surface area contributed by atoms with Gasteiger partial charge >= 0.3 is 0 Å². The van der Waals surface area contributed by atoms with E-state index in [-0.39, 0.29) is 5.41 Å². The maximum atomic E-state index is 2.38. The zero-order valence-corrected chi connectivity index (χ0v) is 13.7. The van der Waals surface area contributed by atoms with Crippen molar-refractivity contribution in [1.82, 2.24) is 0 Å². The lowest BCUT2D eigenvalue weighted by molar-refractivity contribution is 0.391. The smallest absolute Gasteiger partial charge is 0.0857 e. The molecule has 0 aliphatic rings. The first-order valence-corrected chi connectivity index (χ1v) is 7.06. The average molecular weight is 242 g/mol. The van der Waals surface area contributed by atoms with Crippen molar-refractivity contribution in [3.8, 4) is 0 Å². The normalized spacial score (nSPS) is 14.6. The van der Waals surface area contributed by atoms with Gasteiger partial charge in [-0.15, -0.1) is 0 Å². The monoisotopic (exact) mass is 242 g/mol. The van der Waals surface area contributed by atoms with Gasteiger partial charge in [-0.2, -0.15) is 0 Å². The number of hydrogen-bond acceptors (Lipinski definition) is 0. The molecule has 1 atom stereocenters. The molecule has 0 nitrogen and oxygen atoms in total. The molecule has 0 aliphatic heterocycles. The van der Waals surface area contributed by atoms with Gasteiger partial charge in [0, 0.05) is 0 Å². The minimum Gasteiger partial charge on any atom is -0.0857 e. The Bertz CT molecular complexity index is 434. The van der Waals surface area contributed by atoms with Crippen LogP contribution in [0, 0.1) is 12.3 Å². The van der Waals surface area contributed by atoms with Gasteiger partial charge in [0.2, 0.25) is 0 Å². The van der Waals surface area contributed by atoms with E-state index in [1.165, 1.54) is 16.6 Å². The Hall–Kier alpha value is -0.650. The fraction of sp³-hybridized carbons (Fsp3) is 0.625. The molecule has 98 valence electrons. The Balaban J connectivity index is 3.52. The van der Waals surface area contributed by atoms with E-state index in [2.05, 4.69) is 76.3 Å². The van der Waals surface area contributed by atoms with Gasteiger partial charge in [-0.05, 0) is 29.1 Å². The van der Waals surface area contributed by atoms with Crippen LogP contribution in [0.15, 0.2) is 12.1 Å². The van der Waals surface area contributed by atoms with Gasteiger partial charge in [0.25, 0.3) is 0 Å². The molecular formula is C16H28B2. The molecule has 0 spiro atoms. The largest absolute Gasteiger partial charge is 0.139 e. The second-order valence-corrected chi connectivity index (χ2v) is 7.88. The van der Waals surface area contributed by atoms with Crippen molar-refractivity contribution in [1.29, 1.82) is 0 Å². The molecule has 0 saturated carbocycles. The number of aryl methyl sites for hydroxylation is 1. The number of benzene rings is 1. The summed E-state index contributed by atoms with van der Waals surface area (Å²) in [7, 11) is 4.63. The lowest BCUT2D eigenvalue weighted by Crippen LogP contribution is -2.30. The van der Waals surface area contributed by atoms with Gasteiger partial charge < -0.3 is 0 Å². The maximum absolute atomic E-state index is 2.38. The summed E-state index contributed by atoms with van der Waals surface area (Å²) in [6.45, 7) is 16.2. The molecule has 1 aromatic rings. The standard InChI is InChI=1S/C16H28B2/c1-10-8-11(15(2,3)4)13(12(17)9-10)14(18)16(5,6)7/h8-9,14H,17-18H2,1-7H3. The molecule has 0 bridgehead atoms. The predicted molar refractivity (Wildman–Crippen MR) is 88.8 cm³/mol. The third kappa shape index (κ3) is 3.22. The molecule has 0 saturated heterocycles. The van der Waals surface area contributed by atoms with E-state index in [0.717, 1.165) is 0 Å². The van der Waals surface area contributed by atoms with Crippen LogP contribution < -0.4 is 5.46 Å². The first-order chi connectivity index (χ1) is 7.94. The van der Waals surface area contributed by atoms with Crippen LogP contribution in [-0.2, 0) is 5.41 Å². The van der Waals surface area contributed by atoms with E-state index in [4.69, 9.17) is 0 Å². The molecule has 1 aromatic carbocycles. The molecule has 0 amide bonds. The summed E-state index contributed by atoms with van der Waals surface area (Å²) in [4.78, 5) is 0. The SMILES string of the molecule is Bc1cc(C)cc(C(C)(C)C)c1C(B)C(C)(C)C. The fourth-order valence-corrected chi connectivity index (χ4v) is 2.61. The Morgan fingerprint density at radius 2 is 1.50 bits per heavy atom. The zero-order chi connectivity index (χ0) is 14.3. The summed E-state index contributed by atoms with van der Waals surface area (Å²) in [6, 6.07) is 4.71.